The fourth-order valence-electron chi connectivity index (χ4n) is 4.57. The highest BCUT2D eigenvalue weighted by Crippen LogP contribution is 2.42. The van der Waals surface area contributed by atoms with Crippen LogP contribution in [-0.2, 0) is 12.8 Å². The topological polar surface area (TPSA) is 0 Å². The van der Waals surface area contributed by atoms with E-state index in [1.807, 2.05) is 34.0 Å². The van der Waals surface area contributed by atoms with Gasteiger partial charge in [-0.25, -0.2) is 0 Å². The standard InChI is InChI=1S/C30H44S3/c1-5-7-9-11-13-15-17-25-21-29(31-23(25)3)27-19-20-28(33-27)30-22-26(24(4)32-30)18-16-14-12-10-8-6-2/h19-22H,5-18H2,1-4H3. The molecule has 0 fully saturated rings. The molecule has 3 rings (SSSR count). The van der Waals surface area contributed by atoms with Crippen molar-refractivity contribution in [3.8, 4) is 19.5 Å². The third-order valence-corrected chi connectivity index (χ3v) is 10.4. The van der Waals surface area contributed by atoms with Crippen molar-refractivity contribution in [2.75, 3.05) is 0 Å². The van der Waals surface area contributed by atoms with Crippen molar-refractivity contribution in [2.24, 2.45) is 0 Å². The second kappa shape index (κ2) is 14.5. The van der Waals surface area contributed by atoms with Gasteiger partial charge in [-0.15, -0.1) is 34.0 Å². The molecule has 0 aliphatic carbocycles. The van der Waals surface area contributed by atoms with Crippen LogP contribution in [0.25, 0.3) is 19.5 Å². The van der Waals surface area contributed by atoms with Gasteiger partial charge in [-0.1, -0.05) is 78.1 Å². The molecule has 3 aromatic rings. The van der Waals surface area contributed by atoms with E-state index >= 15 is 0 Å². The van der Waals surface area contributed by atoms with E-state index in [1.54, 1.807) is 11.1 Å². The van der Waals surface area contributed by atoms with Crippen LogP contribution in [0.4, 0.5) is 0 Å². The van der Waals surface area contributed by atoms with Gasteiger partial charge in [0, 0.05) is 29.3 Å². The van der Waals surface area contributed by atoms with Gasteiger partial charge in [-0.05, 0) is 74.9 Å². The number of hydrogen-bond acceptors (Lipinski definition) is 3. The van der Waals surface area contributed by atoms with Crippen LogP contribution in [0.5, 0.6) is 0 Å². The smallest absolute Gasteiger partial charge is 0.0449 e. The molecular weight excluding hydrogens is 457 g/mol. The Labute approximate surface area is 215 Å². The molecule has 3 heteroatoms. The van der Waals surface area contributed by atoms with Crippen molar-refractivity contribution >= 4 is 34.0 Å². The first-order valence-electron chi connectivity index (χ1n) is 13.4. The molecule has 33 heavy (non-hydrogen) atoms. The van der Waals surface area contributed by atoms with Crippen LogP contribution >= 0.6 is 34.0 Å². The van der Waals surface area contributed by atoms with Crippen molar-refractivity contribution in [3.05, 3.63) is 45.1 Å². The SMILES string of the molecule is CCCCCCCCc1cc(-c2ccc(-c3cc(CCCCCCCC)c(C)s3)s2)sc1C. The molecule has 0 spiro atoms. The molecule has 0 atom stereocenters. The van der Waals surface area contributed by atoms with Gasteiger partial charge in [0.1, 0.15) is 0 Å². The maximum absolute atomic E-state index is 2.48. The number of unbranched alkanes of at least 4 members (excludes halogenated alkanes) is 10. The lowest BCUT2D eigenvalue weighted by molar-refractivity contribution is 0.607. The summed E-state index contributed by atoms with van der Waals surface area (Å²) in [4.78, 5) is 8.84. The van der Waals surface area contributed by atoms with E-state index < -0.39 is 0 Å². The lowest BCUT2D eigenvalue weighted by Crippen LogP contribution is -1.85. The zero-order chi connectivity index (χ0) is 23.5. The molecule has 0 amide bonds. The van der Waals surface area contributed by atoms with Crippen molar-refractivity contribution < 1.29 is 0 Å². The molecule has 0 aliphatic heterocycles. The van der Waals surface area contributed by atoms with Crippen molar-refractivity contribution in [1.82, 2.24) is 0 Å². The first-order valence-corrected chi connectivity index (χ1v) is 15.9. The van der Waals surface area contributed by atoms with Crippen LogP contribution in [0, 0.1) is 13.8 Å². The van der Waals surface area contributed by atoms with E-state index in [0.717, 1.165) is 0 Å². The summed E-state index contributed by atoms with van der Waals surface area (Å²) in [5, 5.41) is 0. The third-order valence-electron chi connectivity index (χ3n) is 6.73. The van der Waals surface area contributed by atoms with Gasteiger partial charge in [0.2, 0.25) is 0 Å². The predicted octanol–water partition coefficient (Wildman–Crippen LogP) is 11.6. The summed E-state index contributed by atoms with van der Waals surface area (Å²) in [5.41, 5.74) is 3.15. The largest absolute Gasteiger partial charge is 0.139 e. The van der Waals surface area contributed by atoms with Crippen molar-refractivity contribution in [3.63, 3.8) is 0 Å². The molecular formula is C30H44S3. The minimum absolute atomic E-state index is 1.25. The minimum Gasteiger partial charge on any atom is -0.139 e. The van der Waals surface area contributed by atoms with E-state index in [-0.39, 0.29) is 0 Å². The first-order chi connectivity index (χ1) is 16.1. The summed E-state index contributed by atoms with van der Waals surface area (Å²) in [6.07, 6.45) is 19.0. The molecule has 0 saturated carbocycles. The molecule has 182 valence electrons. The average Bonchev–Trinajstić information content (AvgIpc) is 3.52. The summed E-state index contributed by atoms with van der Waals surface area (Å²) in [5.74, 6) is 0. The Morgan fingerprint density at radius 1 is 0.485 bits per heavy atom. The fourth-order valence-corrected chi connectivity index (χ4v) is 7.88. The summed E-state index contributed by atoms with van der Waals surface area (Å²) < 4.78 is 0. The fraction of sp³-hybridized carbons (Fsp3) is 0.600. The average molecular weight is 501 g/mol. The quantitative estimate of drug-likeness (QED) is 0.171. The van der Waals surface area contributed by atoms with Gasteiger partial charge >= 0.3 is 0 Å². The Bertz CT molecular complexity index is 865. The summed E-state index contributed by atoms with van der Waals surface area (Å²) >= 11 is 5.96. The Morgan fingerprint density at radius 2 is 0.879 bits per heavy atom. The van der Waals surface area contributed by atoms with Crippen molar-refractivity contribution in [2.45, 2.75) is 118 Å². The Hall–Kier alpha value is -0.900. The van der Waals surface area contributed by atoms with E-state index in [2.05, 4.69) is 52.0 Å². The highest BCUT2D eigenvalue weighted by atomic mass is 32.1. The number of hydrogen-bond donors (Lipinski definition) is 0. The van der Waals surface area contributed by atoms with E-state index in [0.29, 0.717) is 0 Å². The molecule has 0 nitrogen and oxygen atoms in total. The van der Waals surface area contributed by atoms with Crippen LogP contribution in [0.2, 0.25) is 0 Å². The van der Waals surface area contributed by atoms with Gasteiger partial charge in [-0.3, -0.25) is 0 Å². The second-order valence-corrected chi connectivity index (χ2v) is 13.2. The van der Waals surface area contributed by atoms with Gasteiger partial charge in [-0.2, -0.15) is 0 Å². The second-order valence-electron chi connectivity index (χ2n) is 9.58. The van der Waals surface area contributed by atoms with Crippen LogP contribution < -0.4 is 0 Å². The maximum atomic E-state index is 2.48. The maximum Gasteiger partial charge on any atom is 0.0449 e. The van der Waals surface area contributed by atoms with Gasteiger partial charge in [0.15, 0.2) is 0 Å². The lowest BCUT2D eigenvalue weighted by Gasteiger charge is -2.01. The third kappa shape index (κ3) is 8.37. The minimum atomic E-state index is 1.25. The van der Waals surface area contributed by atoms with E-state index in [4.69, 9.17) is 0 Å². The Balaban J connectivity index is 1.54. The van der Waals surface area contributed by atoms with Crippen LogP contribution in [0.1, 0.15) is 112 Å². The normalized spacial score (nSPS) is 11.5. The number of rotatable bonds is 16. The highest BCUT2D eigenvalue weighted by molar-refractivity contribution is 7.26. The zero-order valence-electron chi connectivity index (χ0n) is 21.4. The predicted molar refractivity (Wildman–Crippen MR) is 155 cm³/mol. The molecule has 0 aliphatic rings. The van der Waals surface area contributed by atoms with Crippen LogP contribution in [0.3, 0.4) is 0 Å². The molecule has 3 aromatic heterocycles. The molecule has 0 bridgehead atoms. The van der Waals surface area contributed by atoms with Crippen LogP contribution in [-0.4, -0.2) is 0 Å². The molecule has 0 aromatic carbocycles. The summed E-state index contributed by atoms with van der Waals surface area (Å²) in [6.45, 7) is 9.21. The summed E-state index contributed by atoms with van der Waals surface area (Å²) in [6, 6.07) is 9.65. The molecule has 0 N–H and O–H groups in total. The zero-order valence-corrected chi connectivity index (χ0v) is 23.9. The summed E-state index contributed by atoms with van der Waals surface area (Å²) in [7, 11) is 0. The van der Waals surface area contributed by atoms with Crippen molar-refractivity contribution in [1.29, 1.82) is 0 Å². The monoisotopic (exact) mass is 500 g/mol. The van der Waals surface area contributed by atoms with Crippen LogP contribution in [0.15, 0.2) is 24.3 Å². The highest BCUT2D eigenvalue weighted by Gasteiger charge is 2.13. The number of thiophene rings is 3. The first kappa shape index (κ1) is 26.7. The molecule has 0 unspecified atom stereocenters. The van der Waals surface area contributed by atoms with Gasteiger partial charge in [0.05, 0.1) is 0 Å². The van der Waals surface area contributed by atoms with Gasteiger partial charge < -0.3 is 0 Å². The lowest BCUT2D eigenvalue weighted by atomic mass is 10.1. The van der Waals surface area contributed by atoms with Gasteiger partial charge in [0.25, 0.3) is 0 Å². The van der Waals surface area contributed by atoms with E-state index in [9.17, 15) is 0 Å². The number of aryl methyl sites for hydroxylation is 4. The van der Waals surface area contributed by atoms with E-state index in [1.165, 1.54) is 119 Å². The molecule has 0 radical (unpaired) electrons. The Morgan fingerprint density at radius 3 is 1.30 bits per heavy atom. The Kier molecular flexibility index (Phi) is 11.7. The molecule has 3 heterocycles. The molecule has 0 saturated heterocycles.